The number of hydrogen-bond acceptors (Lipinski definition) is 4. The average Bonchev–Trinajstić information content (AvgIpc) is 2.81. The van der Waals surface area contributed by atoms with Crippen LogP contribution >= 0.6 is 11.8 Å². The molecule has 0 spiro atoms. The number of benzene rings is 1. The lowest BCUT2D eigenvalue weighted by molar-refractivity contribution is 0.404. The van der Waals surface area contributed by atoms with Crippen molar-refractivity contribution in [1.82, 2.24) is 15.0 Å². The molecule has 0 aliphatic carbocycles. The highest BCUT2D eigenvalue weighted by atomic mass is 32.2. The van der Waals surface area contributed by atoms with Crippen LogP contribution in [0.1, 0.15) is 5.56 Å². The molecule has 0 atom stereocenters. The van der Waals surface area contributed by atoms with Crippen molar-refractivity contribution in [1.29, 1.82) is 0 Å². The number of thioether (sulfide) groups is 1. The fraction of sp³-hybridized carbons (Fsp3) is 0.273. The Labute approximate surface area is 98.6 Å². The maximum atomic E-state index is 5.33. The van der Waals surface area contributed by atoms with Crippen molar-refractivity contribution in [2.45, 2.75) is 11.4 Å². The second-order valence-corrected chi connectivity index (χ2v) is 4.14. The second kappa shape index (κ2) is 5.03. The average molecular weight is 235 g/mol. The highest BCUT2D eigenvalue weighted by Crippen LogP contribution is 2.28. The van der Waals surface area contributed by atoms with Gasteiger partial charge in [-0.15, -0.1) is 16.9 Å². The normalized spacial score (nSPS) is 10.4. The Kier molecular flexibility index (Phi) is 3.46. The summed E-state index contributed by atoms with van der Waals surface area (Å²) in [5.74, 6) is 0.908. The molecule has 0 bridgehead atoms. The first-order chi connectivity index (χ1) is 7.83. The van der Waals surface area contributed by atoms with Gasteiger partial charge in [0.25, 0.3) is 0 Å². The van der Waals surface area contributed by atoms with Gasteiger partial charge in [0, 0.05) is 11.1 Å². The first kappa shape index (κ1) is 11.0. The van der Waals surface area contributed by atoms with E-state index in [-0.39, 0.29) is 0 Å². The summed E-state index contributed by atoms with van der Waals surface area (Å²) in [4.78, 5) is 1.14. The number of methoxy groups -OCH3 is 1. The molecule has 1 aromatic heterocycles. The van der Waals surface area contributed by atoms with Gasteiger partial charge in [0.15, 0.2) is 0 Å². The summed E-state index contributed by atoms with van der Waals surface area (Å²) in [6.07, 6.45) is 5.55. The van der Waals surface area contributed by atoms with Crippen molar-refractivity contribution in [3.8, 4) is 5.75 Å². The fourth-order valence-corrected chi connectivity index (χ4v) is 2.03. The third-order valence-corrected chi connectivity index (χ3v) is 3.04. The van der Waals surface area contributed by atoms with Crippen molar-refractivity contribution in [2.75, 3.05) is 13.4 Å². The van der Waals surface area contributed by atoms with E-state index in [0.717, 1.165) is 16.2 Å². The molecule has 0 saturated heterocycles. The maximum Gasteiger partial charge on any atom is 0.132 e. The van der Waals surface area contributed by atoms with Gasteiger partial charge in [0.1, 0.15) is 5.75 Å². The van der Waals surface area contributed by atoms with Gasteiger partial charge in [0.2, 0.25) is 0 Å². The minimum Gasteiger partial charge on any atom is -0.496 e. The topological polar surface area (TPSA) is 39.9 Å². The van der Waals surface area contributed by atoms with Crippen molar-refractivity contribution in [3.63, 3.8) is 0 Å². The van der Waals surface area contributed by atoms with Crippen molar-refractivity contribution < 1.29 is 4.74 Å². The van der Waals surface area contributed by atoms with Crippen molar-refractivity contribution >= 4 is 11.8 Å². The predicted octanol–water partition coefficient (Wildman–Crippen LogP) is 2.06. The lowest BCUT2D eigenvalue weighted by Gasteiger charge is -2.08. The van der Waals surface area contributed by atoms with Gasteiger partial charge in [0.05, 0.1) is 19.9 Å². The van der Waals surface area contributed by atoms with E-state index in [1.165, 1.54) is 0 Å². The third-order valence-electron chi connectivity index (χ3n) is 2.26. The Morgan fingerprint density at radius 3 is 2.94 bits per heavy atom. The van der Waals surface area contributed by atoms with Crippen LogP contribution in [0, 0.1) is 0 Å². The molecule has 84 valence electrons. The van der Waals surface area contributed by atoms with Gasteiger partial charge in [-0.3, -0.25) is 0 Å². The zero-order valence-electron chi connectivity index (χ0n) is 9.25. The van der Waals surface area contributed by atoms with E-state index in [1.807, 2.05) is 18.5 Å². The maximum absolute atomic E-state index is 5.33. The van der Waals surface area contributed by atoms with Crippen molar-refractivity contribution in [3.05, 3.63) is 36.2 Å². The summed E-state index contributed by atoms with van der Waals surface area (Å²) in [5, 5.41) is 7.70. The number of nitrogens with zero attached hydrogens (tertiary/aromatic N) is 3. The zero-order valence-corrected chi connectivity index (χ0v) is 10.1. The van der Waals surface area contributed by atoms with Gasteiger partial charge >= 0.3 is 0 Å². The standard InChI is InChI=1S/C11H13N3OS/c1-15-10-7-9(3-4-11(10)16-2)8-14-6-5-12-13-14/h3-7H,8H2,1-2H3. The Balaban J connectivity index is 2.22. The van der Waals surface area contributed by atoms with Crippen LogP contribution in [0.25, 0.3) is 0 Å². The van der Waals surface area contributed by atoms with E-state index < -0.39 is 0 Å². The van der Waals surface area contributed by atoms with Gasteiger partial charge in [-0.2, -0.15) is 0 Å². The van der Waals surface area contributed by atoms with E-state index in [1.54, 1.807) is 29.8 Å². The molecule has 0 amide bonds. The highest BCUT2D eigenvalue weighted by molar-refractivity contribution is 7.98. The summed E-state index contributed by atoms with van der Waals surface area (Å²) in [6, 6.07) is 6.18. The second-order valence-electron chi connectivity index (χ2n) is 3.29. The number of aromatic nitrogens is 3. The van der Waals surface area contributed by atoms with Crippen LogP contribution in [0.2, 0.25) is 0 Å². The SMILES string of the molecule is COc1cc(Cn2ccnn2)ccc1SC. The first-order valence-corrected chi connectivity index (χ1v) is 6.11. The van der Waals surface area contributed by atoms with Crippen LogP contribution in [0.15, 0.2) is 35.5 Å². The number of rotatable bonds is 4. The van der Waals surface area contributed by atoms with Crippen molar-refractivity contribution in [2.24, 2.45) is 0 Å². The lowest BCUT2D eigenvalue weighted by atomic mass is 10.2. The molecular formula is C11H13N3OS. The van der Waals surface area contributed by atoms with Crippen LogP contribution in [-0.4, -0.2) is 28.4 Å². The van der Waals surface area contributed by atoms with E-state index in [2.05, 4.69) is 22.4 Å². The first-order valence-electron chi connectivity index (χ1n) is 4.88. The van der Waals surface area contributed by atoms with Crippen LogP contribution in [0.4, 0.5) is 0 Å². The van der Waals surface area contributed by atoms with E-state index in [9.17, 15) is 0 Å². The molecule has 0 aliphatic rings. The Hall–Kier alpha value is -1.49. The molecule has 0 unspecified atom stereocenters. The molecule has 0 radical (unpaired) electrons. The largest absolute Gasteiger partial charge is 0.496 e. The minimum atomic E-state index is 0.713. The molecule has 0 aliphatic heterocycles. The quantitative estimate of drug-likeness (QED) is 0.760. The monoisotopic (exact) mass is 235 g/mol. The molecule has 0 N–H and O–H groups in total. The summed E-state index contributed by atoms with van der Waals surface area (Å²) in [5.41, 5.74) is 1.15. The Morgan fingerprint density at radius 2 is 2.31 bits per heavy atom. The van der Waals surface area contributed by atoms with Crippen LogP contribution in [-0.2, 0) is 6.54 Å². The molecule has 0 fully saturated rings. The number of ether oxygens (including phenoxy) is 1. The molecule has 16 heavy (non-hydrogen) atoms. The van der Waals surface area contributed by atoms with Gasteiger partial charge < -0.3 is 4.74 Å². The molecule has 5 heteroatoms. The summed E-state index contributed by atoms with van der Waals surface area (Å²) >= 11 is 1.68. The molecule has 4 nitrogen and oxygen atoms in total. The summed E-state index contributed by atoms with van der Waals surface area (Å²) < 4.78 is 7.12. The predicted molar refractivity (Wildman–Crippen MR) is 63.9 cm³/mol. The molecule has 2 aromatic rings. The summed E-state index contributed by atoms with van der Waals surface area (Å²) in [6.45, 7) is 0.713. The highest BCUT2D eigenvalue weighted by Gasteiger charge is 2.04. The lowest BCUT2D eigenvalue weighted by Crippen LogP contribution is -2.01. The van der Waals surface area contributed by atoms with E-state index in [0.29, 0.717) is 6.54 Å². The molecule has 1 aromatic carbocycles. The Morgan fingerprint density at radius 1 is 1.44 bits per heavy atom. The van der Waals surface area contributed by atoms with Gasteiger partial charge in [-0.25, -0.2) is 4.68 Å². The summed E-state index contributed by atoms with van der Waals surface area (Å²) in [7, 11) is 1.69. The van der Waals surface area contributed by atoms with E-state index >= 15 is 0 Å². The number of hydrogen-bond donors (Lipinski definition) is 0. The molecule has 0 saturated carbocycles. The fourth-order valence-electron chi connectivity index (χ4n) is 1.48. The van der Waals surface area contributed by atoms with Crippen LogP contribution < -0.4 is 4.74 Å². The smallest absolute Gasteiger partial charge is 0.132 e. The van der Waals surface area contributed by atoms with Crippen LogP contribution in [0.5, 0.6) is 5.75 Å². The van der Waals surface area contributed by atoms with Gasteiger partial charge in [-0.1, -0.05) is 11.3 Å². The molecule has 1 heterocycles. The Bertz CT molecular complexity index is 456. The third kappa shape index (κ3) is 2.36. The van der Waals surface area contributed by atoms with Gasteiger partial charge in [-0.05, 0) is 24.0 Å². The van der Waals surface area contributed by atoms with Crippen LogP contribution in [0.3, 0.4) is 0 Å². The zero-order chi connectivity index (χ0) is 11.4. The molecular weight excluding hydrogens is 222 g/mol. The van der Waals surface area contributed by atoms with E-state index in [4.69, 9.17) is 4.74 Å². The molecule has 2 rings (SSSR count). The minimum absolute atomic E-state index is 0.713.